The van der Waals surface area contributed by atoms with Crippen LogP contribution in [-0.2, 0) is 0 Å². The summed E-state index contributed by atoms with van der Waals surface area (Å²) in [5, 5.41) is 13.1. The number of phenols is 1. The molecule has 82 valence electrons. The van der Waals surface area contributed by atoms with E-state index in [-0.39, 0.29) is 11.9 Å². The highest BCUT2D eigenvalue weighted by molar-refractivity contribution is 6.32. The molecule has 0 radical (unpaired) electrons. The highest BCUT2D eigenvalue weighted by atomic mass is 35.5. The van der Waals surface area contributed by atoms with Crippen LogP contribution in [0.5, 0.6) is 11.5 Å². The van der Waals surface area contributed by atoms with Gasteiger partial charge in [-0.3, -0.25) is 0 Å². The van der Waals surface area contributed by atoms with Gasteiger partial charge in [0.2, 0.25) is 0 Å². The lowest BCUT2D eigenvalue weighted by molar-refractivity contribution is 0.162. The summed E-state index contributed by atoms with van der Waals surface area (Å²) in [5.74, 6) is 0.756. The molecule has 0 saturated carbocycles. The van der Waals surface area contributed by atoms with Gasteiger partial charge in [-0.25, -0.2) is 0 Å². The SMILES string of the molecule is Oc1ccc(Cl)c(OC2CCNCC2)c1. The van der Waals surface area contributed by atoms with Crippen LogP contribution in [0, 0.1) is 0 Å². The molecule has 3 nitrogen and oxygen atoms in total. The Bertz CT molecular complexity index is 337. The third-order valence-corrected chi connectivity index (χ3v) is 2.81. The van der Waals surface area contributed by atoms with Gasteiger partial charge in [0.05, 0.1) is 5.02 Å². The van der Waals surface area contributed by atoms with Gasteiger partial charge >= 0.3 is 0 Å². The first kappa shape index (κ1) is 10.6. The molecule has 1 fully saturated rings. The van der Waals surface area contributed by atoms with Crippen LogP contribution in [0.4, 0.5) is 0 Å². The lowest BCUT2D eigenvalue weighted by Crippen LogP contribution is -2.34. The van der Waals surface area contributed by atoms with E-state index in [0.29, 0.717) is 10.8 Å². The summed E-state index contributed by atoms with van der Waals surface area (Å²) < 4.78 is 5.73. The Labute approximate surface area is 94.0 Å². The van der Waals surface area contributed by atoms with Crippen molar-refractivity contribution in [2.24, 2.45) is 0 Å². The summed E-state index contributed by atoms with van der Waals surface area (Å²) >= 11 is 5.96. The molecule has 1 heterocycles. The predicted molar refractivity (Wildman–Crippen MR) is 59.6 cm³/mol. The number of halogens is 1. The van der Waals surface area contributed by atoms with Gasteiger partial charge in [0, 0.05) is 6.07 Å². The maximum absolute atomic E-state index is 9.32. The van der Waals surface area contributed by atoms with Gasteiger partial charge in [0.25, 0.3) is 0 Å². The second-order valence-corrected chi connectivity index (χ2v) is 4.09. The van der Waals surface area contributed by atoms with Gasteiger partial charge in [0.15, 0.2) is 0 Å². The van der Waals surface area contributed by atoms with Crippen LogP contribution < -0.4 is 10.1 Å². The van der Waals surface area contributed by atoms with E-state index in [4.69, 9.17) is 16.3 Å². The van der Waals surface area contributed by atoms with E-state index in [1.165, 1.54) is 0 Å². The van der Waals surface area contributed by atoms with Crippen LogP contribution in [0.3, 0.4) is 0 Å². The third-order valence-electron chi connectivity index (χ3n) is 2.49. The molecule has 0 bridgehead atoms. The monoisotopic (exact) mass is 227 g/mol. The summed E-state index contributed by atoms with van der Waals surface area (Å²) in [7, 11) is 0. The largest absolute Gasteiger partial charge is 0.508 e. The molecule has 2 N–H and O–H groups in total. The Morgan fingerprint density at radius 1 is 1.33 bits per heavy atom. The van der Waals surface area contributed by atoms with E-state index < -0.39 is 0 Å². The standard InChI is InChI=1S/C11H14ClNO2/c12-10-2-1-8(14)7-11(10)15-9-3-5-13-6-4-9/h1-2,7,9,13-14H,3-6H2. The average molecular weight is 228 g/mol. The number of phenolic OH excluding ortho intramolecular Hbond substituents is 1. The van der Waals surface area contributed by atoms with Crippen LogP contribution in [0.25, 0.3) is 0 Å². The number of hydrogen-bond acceptors (Lipinski definition) is 3. The summed E-state index contributed by atoms with van der Waals surface area (Å²) in [5.41, 5.74) is 0. The van der Waals surface area contributed by atoms with Gasteiger partial charge in [0.1, 0.15) is 17.6 Å². The summed E-state index contributed by atoms with van der Waals surface area (Å²) in [4.78, 5) is 0. The van der Waals surface area contributed by atoms with E-state index in [9.17, 15) is 5.11 Å². The molecule has 1 aromatic rings. The molecular formula is C11H14ClNO2. The third kappa shape index (κ3) is 2.76. The fourth-order valence-electron chi connectivity index (χ4n) is 1.68. The van der Waals surface area contributed by atoms with Gasteiger partial charge in [-0.2, -0.15) is 0 Å². The van der Waals surface area contributed by atoms with Crippen LogP contribution in [0.15, 0.2) is 18.2 Å². The van der Waals surface area contributed by atoms with E-state index in [1.54, 1.807) is 18.2 Å². The van der Waals surface area contributed by atoms with Crippen LogP contribution >= 0.6 is 11.6 Å². The van der Waals surface area contributed by atoms with Crippen molar-refractivity contribution >= 4 is 11.6 Å². The van der Waals surface area contributed by atoms with Crippen molar-refractivity contribution in [2.45, 2.75) is 18.9 Å². The molecule has 4 heteroatoms. The molecule has 15 heavy (non-hydrogen) atoms. The predicted octanol–water partition coefficient (Wildman–Crippen LogP) is 2.18. The minimum absolute atomic E-state index is 0.184. The molecule has 2 rings (SSSR count). The van der Waals surface area contributed by atoms with Gasteiger partial charge in [-0.15, -0.1) is 0 Å². The first-order valence-corrected chi connectivity index (χ1v) is 5.49. The van der Waals surface area contributed by atoms with E-state index in [2.05, 4.69) is 5.32 Å². The van der Waals surface area contributed by atoms with Gasteiger partial charge in [-0.1, -0.05) is 11.6 Å². The van der Waals surface area contributed by atoms with Crippen molar-refractivity contribution in [1.29, 1.82) is 0 Å². The highest BCUT2D eigenvalue weighted by Crippen LogP contribution is 2.30. The Hall–Kier alpha value is -0.930. The Balaban J connectivity index is 2.05. The quantitative estimate of drug-likeness (QED) is 0.814. The fourth-order valence-corrected chi connectivity index (χ4v) is 1.84. The summed E-state index contributed by atoms with van der Waals surface area (Å²) in [6, 6.07) is 4.76. The lowest BCUT2D eigenvalue weighted by Gasteiger charge is -2.24. The van der Waals surface area contributed by atoms with Crippen molar-refractivity contribution in [3.63, 3.8) is 0 Å². The molecule has 0 unspecified atom stereocenters. The van der Waals surface area contributed by atoms with E-state index in [1.807, 2.05) is 0 Å². The van der Waals surface area contributed by atoms with Crippen molar-refractivity contribution in [1.82, 2.24) is 5.32 Å². The maximum Gasteiger partial charge on any atom is 0.141 e. The molecule has 0 atom stereocenters. The van der Waals surface area contributed by atoms with Crippen molar-refractivity contribution in [3.8, 4) is 11.5 Å². The molecule has 1 aromatic carbocycles. The number of hydrogen-bond donors (Lipinski definition) is 2. The second kappa shape index (κ2) is 4.73. The average Bonchev–Trinajstić information content (AvgIpc) is 2.25. The van der Waals surface area contributed by atoms with Crippen LogP contribution in [-0.4, -0.2) is 24.3 Å². The first-order chi connectivity index (χ1) is 7.25. The molecule has 0 spiro atoms. The van der Waals surface area contributed by atoms with E-state index in [0.717, 1.165) is 25.9 Å². The Morgan fingerprint density at radius 2 is 2.07 bits per heavy atom. The highest BCUT2D eigenvalue weighted by Gasteiger charge is 2.15. The summed E-state index contributed by atoms with van der Waals surface area (Å²) in [6.45, 7) is 1.95. The number of piperidine rings is 1. The fraction of sp³-hybridized carbons (Fsp3) is 0.455. The van der Waals surface area contributed by atoms with Crippen LogP contribution in [0.1, 0.15) is 12.8 Å². The zero-order chi connectivity index (χ0) is 10.7. The lowest BCUT2D eigenvalue weighted by atomic mass is 10.1. The maximum atomic E-state index is 9.32. The molecule has 1 aliphatic heterocycles. The molecule has 1 aliphatic rings. The second-order valence-electron chi connectivity index (χ2n) is 3.68. The number of nitrogens with one attached hydrogen (secondary N) is 1. The molecule has 1 saturated heterocycles. The normalized spacial score (nSPS) is 17.7. The molecule has 0 aliphatic carbocycles. The van der Waals surface area contributed by atoms with Crippen molar-refractivity contribution in [2.75, 3.05) is 13.1 Å². The van der Waals surface area contributed by atoms with E-state index >= 15 is 0 Å². The van der Waals surface area contributed by atoms with Gasteiger partial charge in [-0.05, 0) is 38.1 Å². The first-order valence-electron chi connectivity index (χ1n) is 5.11. The van der Waals surface area contributed by atoms with Crippen LogP contribution in [0.2, 0.25) is 5.02 Å². The minimum atomic E-state index is 0.184. The number of aromatic hydroxyl groups is 1. The minimum Gasteiger partial charge on any atom is -0.508 e. The Morgan fingerprint density at radius 3 is 2.80 bits per heavy atom. The molecule has 0 amide bonds. The van der Waals surface area contributed by atoms with Gasteiger partial charge < -0.3 is 15.2 Å². The van der Waals surface area contributed by atoms with Crippen molar-refractivity contribution in [3.05, 3.63) is 23.2 Å². The molecular weight excluding hydrogens is 214 g/mol. The molecule has 0 aromatic heterocycles. The number of benzene rings is 1. The summed E-state index contributed by atoms with van der Waals surface area (Å²) in [6.07, 6.45) is 2.16. The Kier molecular flexibility index (Phi) is 3.34. The topological polar surface area (TPSA) is 41.5 Å². The smallest absolute Gasteiger partial charge is 0.141 e. The zero-order valence-electron chi connectivity index (χ0n) is 8.37. The number of ether oxygens (including phenoxy) is 1. The number of rotatable bonds is 2. The zero-order valence-corrected chi connectivity index (χ0v) is 9.13. The van der Waals surface area contributed by atoms with Crippen molar-refractivity contribution < 1.29 is 9.84 Å².